The third-order valence-corrected chi connectivity index (χ3v) is 5.85. The van der Waals surface area contributed by atoms with Gasteiger partial charge >= 0.3 is 0 Å². The Hall–Kier alpha value is -2.85. The van der Waals surface area contributed by atoms with Crippen LogP contribution in [0.3, 0.4) is 0 Å². The summed E-state index contributed by atoms with van der Waals surface area (Å²) < 4.78 is 0. The summed E-state index contributed by atoms with van der Waals surface area (Å²) in [7, 11) is 0. The minimum absolute atomic E-state index is 0.124. The second-order valence-corrected chi connectivity index (χ2v) is 9.30. The Kier molecular flexibility index (Phi) is 4.32. The standard InChI is InChI=1S/C19H23N9S/c1-19(2,3)27-13-4-5-28(10-13)18-26-16-17(29-18)25-15(24-16)14-20-6-11(7-21-14)12-8-22-23-9-12/h6-9,13,27H,4-5,10H2,1-3H3,(H,22,23)(H,24,25). The molecule has 1 atom stereocenters. The van der Waals surface area contributed by atoms with Crippen LogP contribution >= 0.6 is 11.3 Å². The Balaban J connectivity index is 1.32. The van der Waals surface area contributed by atoms with E-state index in [2.05, 4.69) is 61.1 Å². The van der Waals surface area contributed by atoms with Crippen molar-refractivity contribution in [1.29, 1.82) is 0 Å². The van der Waals surface area contributed by atoms with Crippen LogP contribution in [0.15, 0.2) is 24.8 Å². The maximum Gasteiger partial charge on any atom is 0.195 e. The van der Waals surface area contributed by atoms with Gasteiger partial charge in [-0.05, 0) is 27.2 Å². The molecule has 10 heteroatoms. The molecule has 4 aromatic heterocycles. The minimum atomic E-state index is 0.124. The van der Waals surface area contributed by atoms with Crippen LogP contribution in [0.25, 0.3) is 33.3 Å². The van der Waals surface area contributed by atoms with Gasteiger partial charge in [-0.15, -0.1) is 0 Å². The Morgan fingerprint density at radius 1 is 1.14 bits per heavy atom. The van der Waals surface area contributed by atoms with E-state index in [1.165, 1.54) is 0 Å². The predicted molar refractivity (Wildman–Crippen MR) is 114 cm³/mol. The molecule has 5 heterocycles. The molecule has 0 aromatic carbocycles. The van der Waals surface area contributed by atoms with Gasteiger partial charge in [0.05, 0.1) is 6.20 Å². The van der Waals surface area contributed by atoms with Crippen molar-refractivity contribution in [2.24, 2.45) is 0 Å². The molecule has 1 aliphatic heterocycles. The fourth-order valence-corrected chi connectivity index (χ4v) is 4.55. The number of H-pyrrole nitrogens is 2. The largest absolute Gasteiger partial charge is 0.346 e. The van der Waals surface area contributed by atoms with Crippen molar-refractivity contribution in [2.75, 3.05) is 18.0 Å². The van der Waals surface area contributed by atoms with Gasteiger partial charge in [0.15, 0.2) is 27.3 Å². The topological polar surface area (TPSA) is 111 Å². The number of thiazole rings is 1. The van der Waals surface area contributed by atoms with Gasteiger partial charge in [-0.3, -0.25) is 5.10 Å². The molecule has 9 nitrogen and oxygen atoms in total. The first kappa shape index (κ1) is 18.2. The van der Waals surface area contributed by atoms with E-state index in [1.807, 2.05) is 6.20 Å². The molecule has 0 amide bonds. The maximum atomic E-state index is 4.76. The van der Waals surface area contributed by atoms with Crippen LogP contribution in [0, 0.1) is 0 Å². The SMILES string of the molecule is CC(C)(C)NC1CCN(c2nc3[nH]c(-c4ncc(-c5cn[nH]c5)cn4)nc3s2)C1. The molecular formula is C19H23N9S. The molecule has 29 heavy (non-hydrogen) atoms. The molecule has 150 valence electrons. The normalized spacial score (nSPS) is 17.5. The van der Waals surface area contributed by atoms with Crippen LogP contribution in [0.1, 0.15) is 27.2 Å². The van der Waals surface area contributed by atoms with E-state index in [4.69, 9.17) is 4.98 Å². The summed E-state index contributed by atoms with van der Waals surface area (Å²) >= 11 is 1.61. The number of rotatable bonds is 4. The summed E-state index contributed by atoms with van der Waals surface area (Å²) in [5.74, 6) is 1.19. The number of imidazole rings is 1. The molecule has 0 radical (unpaired) electrons. The van der Waals surface area contributed by atoms with Crippen molar-refractivity contribution in [1.82, 2.24) is 40.4 Å². The summed E-state index contributed by atoms with van der Waals surface area (Å²) in [5, 5.41) is 11.4. The predicted octanol–water partition coefficient (Wildman–Crippen LogP) is 2.83. The molecule has 5 rings (SSSR count). The highest BCUT2D eigenvalue weighted by molar-refractivity contribution is 7.21. The minimum Gasteiger partial charge on any atom is -0.346 e. The molecule has 0 aliphatic carbocycles. The lowest BCUT2D eigenvalue weighted by Gasteiger charge is -2.25. The first-order valence-corrected chi connectivity index (χ1v) is 10.5. The molecule has 0 spiro atoms. The highest BCUT2D eigenvalue weighted by atomic mass is 32.1. The Morgan fingerprint density at radius 3 is 2.66 bits per heavy atom. The van der Waals surface area contributed by atoms with E-state index in [-0.39, 0.29) is 5.54 Å². The second kappa shape index (κ2) is 6.89. The Bertz CT molecular complexity index is 1070. The van der Waals surface area contributed by atoms with Crippen molar-refractivity contribution in [2.45, 2.75) is 38.8 Å². The van der Waals surface area contributed by atoms with Crippen LogP contribution in [-0.4, -0.2) is 59.8 Å². The van der Waals surface area contributed by atoms with Gasteiger partial charge in [0, 0.05) is 54.4 Å². The lowest BCUT2D eigenvalue weighted by Crippen LogP contribution is -2.44. The fraction of sp³-hybridized carbons (Fsp3) is 0.421. The average Bonchev–Trinajstić information content (AvgIpc) is 3.44. The van der Waals surface area contributed by atoms with E-state index >= 15 is 0 Å². The molecule has 4 aromatic rings. The highest BCUT2D eigenvalue weighted by Crippen LogP contribution is 2.31. The molecule has 1 saturated heterocycles. The van der Waals surface area contributed by atoms with Crippen molar-refractivity contribution in [3.63, 3.8) is 0 Å². The zero-order chi connectivity index (χ0) is 20.0. The number of fused-ring (bicyclic) bond motifs is 1. The van der Waals surface area contributed by atoms with Gasteiger partial charge in [0.1, 0.15) is 0 Å². The quantitative estimate of drug-likeness (QED) is 0.475. The van der Waals surface area contributed by atoms with Crippen LogP contribution in [0.5, 0.6) is 0 Å². The zero-order valence-electron chi connectivity index (χ0n) is 16.6. The number of aromatic nitrogens is 7. The van der Waals surface area contributed by atoms with E-state index in [1.54, 1.807) is 29.9 Å². The molecule has 1 fully saturated rings. The summed E-state index contributed by atoms with van der Waals surface area (Å²) in [6.07, 6.45) is 8.23. The van der Waals surface area contributed by atoms with Crippen molar-refractivity contribution in [3.05, 3.63) is 24.8 Å². The maximum absolute atomic E-state index is 4.76. The van der Waals surface area contributed by atoms with Crippen molar-refractivity contribution in [3.8, 4) is 22.8 Å². The van der Waals surface area contributed by atoms with E-state index in [0.717, 1.165) is 46.2 Å². The van der Waals surface area contributed by atoms with Gasteiger partial charge in [-0.1, -0.05) is 11.3 Å². The molecule has 1 aliphatic rings. The number of hydrogen-bond donors (Lipinski definition) is 3. The van der Waals surface area contributed by atoms with Gasteiger partial charge in [-0.2, -0.15) is 5.10 Å². The highest BCUT2D eigenvalue weighted by Gasteiger charge is 2.28. The van der Waals surface area contributed by atoms with Crippen LogP contribution in [0.4, 0.5) is 5.13 Å². The average molecular weight is 410 g/mol. The summed E-state index contributed by atoms with van der Waals surface area (Å²) in [6.45, 7) is 8.60. The smallest absolute Gasteiger partial charge is 0.195 e. The van der Waals surface area contributed by atoms with Gasteiger partial charge in [-0.25, -0.2) is 19.9 Å². The van der Waals surface area contributed by atoms with Crippen LogP contribution < -0.4 is 10.2 Å². The number of nitrogens with zero attached hydrogens (tertiary/aromatic N) is 6. The fourth-order valence-electron chi connectivity index (χ4n) is 3.61. The Morgan fingerprint density at radius 2 is 1.97 bits per heavy atom. The molecular weight excluding hydrogens is 386 g/mol. The van der Waals surface area contributed by atoms with Crippen LogP contribution in [0.2, 0.25) is 0 Å². The lowest BCUT2D eigenvalue weighted by molar-refractivity contribution is 0.373. The second-order valence-electron chi connectivity index (χ2n) is 8.34. The lowest BCUT2D eigenvalue weighted by atomic mass is 10.1. The van der Waals surface area contributed by atoms with Gasteiger partial charge in [0.25, 0.3) is 0 Å². The van der Waals surface area contributed by atoms with Crippen molar-refractivity contribution >= 4 is 26.9 Å². The summed E-state index contributed by atoms with van der Waals surface area (Å²) in [5.41, 5.74) is 2.77. The number of anilines is 1. The molecule has 3 N–H and O–H groups in total. The van der Waals surface area contributed by atoms with Crippen molar-refractivity contribution < 1.29 is 0 Å². The number of aromatic amines is 2. The summed E-state index contributed by atoms with van der Waals surface area (Å²) in [6, 6.07) is 0.489. The van der Waals surface area contributed by atoms with Gasteiger partial charge in [0.2, 0.25) is 0 Å². The third kappa shape index (κ3) is 3.73. The van der Waals surface area contributed by atoms with E-state index < -0.39 is 0 Å². The van der Waals surface area contributed by atoms with Gasteiger partial charge < -0.3 is 15.2 Å². The first-order valence-electron chi connectivity index (χ1n) is 9.65. The third-order valence-electron chi connectivity index (χ3n) is 4.84. The van der Waals surface area contributed by atoms with E-state index in [9.17, 15) is 0 Å². The molecule has 0 saturated carbocycles. The number of hydrogen-bond acceptors (Lipinski definition) is 8. The van der Waals surface area contributed by atoms with E-state index in [0.29, 0.717) is 17.7 Å². The monoisotopic (exact) mass is 409 g/mol. The number of nitrogens with one attached hydrogen (secondary N) is 3. The molecule has 0 bridgehead atoms. The zero-order valence-corrected chi connectivity index (χ0v) is 17.4. The summed E-state index contributed by atoms with van der Waals surface area (Å²) in [4.78, 5) is 24.8. The molecule has 1 unspecified atom stereocenters. The van der Waals surface area contributed by atoms with Crippen LogP contribution in [-0.2, 0) is 0 Å². The Labute approximate surface area is 172 Å². The first-order chi connectivity index (χ1) is 13.9.